The lowest BCUT2D eigenvalue weighted by Crippen LogP contribution is -2.39. The second kappa shape index (κ2) is 12.9. The maximum atomic E-state index is 11.8. The van der Waals surface area contributed by atoms with Crippen molar-refractivity contribution in [2.24, 2.45) is 0 Å². The van der Waals surface area contributed by atoms with Gasteiger partial charge in [0.25, 0.3) is 0 Å². The highest BCUT2D eigenvalue weighted by Gasteiger charge is 2.23. The molecule has 198 valence electrons. The van der Waals surface area contributed by atoms with Gasteiger partial charge in [0.15, 0.2) is 0 Å². The van der Waals surface area contributed by atoms with E-state index >= 15 is 0 Å². The van der Waals surface area contributed by atoms with Crippen molar-refractivity contribution in [2.45, 2.75) is 50.7 Å². The van der Waals surface area contributed by atoms with Crippen molar-refractivity contribution in [3.8, 4) is 11.5 Å². The maximum Gasteiger partial charge on any atom is 0.338 e. The molecule has 1 aliphatic rings. The summed E-state index contributed by atoms with van der Waals surface area (Å²) in [4.78, 5) is 11.8. The Balaban J connectivity index is 1.41. The molecule has 3 rings (SSSR count). The Kier molecular flexibility index (Phi) is 9.98. The number of methoxy groups -OCH3 is 1. The van der Waals surface area contributed by atoms with Gasteiger partial charge in [-0.1, -0.05) is 12.1 Å². The summed E-state index contributed by atoms with van der Waals surface area (Å²) in [6.07, 6.45) is 4.40. The largest absolute Gasteiger partial charge is 0.495 e. The Hall–Kier alpha value is -2.82. The van der Waals surface area contributed by atoms with Crippen molar-refractivity contribution in [3.05, 3.63) is 53.6 Å². The molecule has 9 nitrogen and oxygen atoms in total. The van der Waals surface area contributed by atoms with Crippen LogP contribution in [0.4, 0.5) is 5.69 Å². The zero-order chi connectivity index (χ0) is 26.1. The molecule has 1 aliphatic carbocycles. The number of sulfonamides is 1. The molecule has 0 spiro atoms. The van der Waals surface area contributed by atoms with Crippen LogP contribution in [0.1, 0.15) is 54.4 Å². The average Bonchev–Trinajstić information content (AvgIpc) is 2.86. The number of carbonyl (C=O) groups is 1. The Morgan fingerprint density at radius 3 is 2.42 bits per heavy atom. The predicted molar refractivity (Wildman–Crippen MR) is 138 cm³/mol. The first-order chi connectivity index (χ1) is 17.2. The quantitative estimate of drug-likeness (QED) is 0.364. The summed E-state index contributed by atoms with van der Waals surface area (Å²) >= 11 is 0. The summed E-state index contributed by atoms with van der Waals surface area (Å²) in [7, 11) is -2.02. The van der Waals surface area contributed by atoms with E-state index in [9.17, 15) is 18.3 Å². The fourth-order valence-electron chi connectivity index (χ4n) is 4.35. The van der Waals surface area contributed by atoms with Crippen LogP contribution < -0.4 is 19.5 Å². The van der Waals surface area contributed by atoms with Crippen LogP contribution in [0.2, 0.25) is 0 Å². The summed E-state index contributed by atoms with van der Waals surface area (Å²) in [5, 5.41) is 13.8. The van der Waals surface area contributed by atoms with E-state index in [1.165, 1.54) is 18.7 Å². The number of aliphatic hydroxyl groups excluding tert-OH is 1. The molecule has 0 heterocycles. The summed E-state index contributed by atoms with van der Waals surface area (Å²) in [5.41, 5.74) is 2.08. The van der Waals surface area contributed by atoms with Crippen LogP contribution in [0.15, 0.2) is 42.5 Å². The molecule has 1 saturated carbocycles. The predicted octanol–water partition coefficient (Wildman–Crippen LogP) is 3.30. The molecule has 0 saturated heterocycles. The van der Waals surface area contributed by atoms with Gasteiger partial charge < -0.3 is 24.6 Å². The minimum Gasteiger partial charge on any atom is -0.495 e. The highest BCUT2D eigenvalue weighted by molar-refractivity contribution is 7.92. The molecule has 1 atom stereocenters. The lowest BCUT2D eigenvalue weighted by molar-refractivity contribution is 0.0526. The van der Waals surface area contributed by atoms with Crippen LogP contribution in [0.25, 0.3) is 0 Å². The minimum atomic E-state index is -3.47. The number of anilines is 1. The summed E-state index contributed by atoms with van der Waals surface area (Å²) < 4.78 is 41.4. The first-order valence-corrected chi connectivity index (χ1v) is 14.0. The van der Waals surface area contributed by atoms with E-state index in [1.54, 1.807) is 19.1 Å². The molecule has 0 aromatic heterocycles. The molecule has 0 bridgehead atoms. The first-order valence-electron chi connectivity index (χ1n) is 12.2. The van der Waals surface area contributed by atoms with E-state index in [0.29, 0.717) is 42.2 Å². The molecule has 1 fully saturated rings. The fourth-order valence-corrected chi connectivity index (χ4v) is 4.91. The molecule has 3 N–H and O–H groups in total. The van der Waals surface area contributed by atoms with Gasteiger partial charge in [0, 0.05) is 18.7 Å². The molecule has 2 aromatic carbocycles. The van der Waals surface area contributed by atoms with Gasteiger partial charge in [0.1, 0.15) is 24.2 Å². The molecule has 10 heteroatoms. The molecule has 0 unspecified atom stereocenters. The monoisotopic (exact) mass is 520 g/mol. The molecular formula is C26H36N2O7S. The summed E-state index contributed by atoms with van der Waals surface area (Å²) in [6.45, 7) is 2.63. The molecule has 2 aromatic rings. The molecule has 0 aliphatic heterocycles. The SMILES string of the molecule is CCOC(=O)c1ccc([C@H]2CC[C@H](NC[C@H](O)COc3ccc(OC)c(NS(C)(=O)=O)c3)CC2)cc1. The van der Waals surface area contributed by atoms with Crippen LogP contribution in [0, 0.1) is 0 Å². The number of rotatable bonds is 12. The van der Waals surface area contributed by atoms with Crippen LogP contribution in [-0.2, 0) is 14.8 Å². The van der Waals surface area contributed by atoms with Crippen molar-refractivity contribution >= 4 is 21.7 Å². The van der Waals surface area contributed by atoms with Gasteiger partial charge >= 0.3 is 5.97 Å². The number of aliphatic hydroxyl groups is 1. The third kappa shape index (κ3) is 8.39. The van der Waals surface area contributed by atoms with Crippen LogP contribution >= 0.6 is 0 Å². The second-order valence-corrected chi connectivity index (χ2v) is 10.7. The highest BCUT2D eigenvalue weighted by atomic mass is 32.2. The van der Waals surface area contributed by atoms with E-state index in [1.807, 2.05) is 24.3 Å². The average molecular weight is 521 g/mol. The number of benzene rings is 2. The van der Waals surface area contributed by atoms with Crippen LogP contribution in [0.5, 0.6) is 11.5 Å². The van der Waals surface area contributed by atoms with Gasteiger partial charge in [-0.15, -0.1) is 0 Å². The van der Waals surface area contributed by atoms with Gasteiger partial charge in [-0.3, -0.25) is 4.72 Å². The number of nitrogens with one attached hydrogen (secondary N) is 2. The second-order valence-electron chi connectivity index (χ2n) is 9.00. The van der Waals surface area contributed by atoms with E-state index in [0.717, 1.165) is 31.9 Å². The Morgan fingerprint density at radius 1 is 1.11 bits per heavy atom. The number of hydrogen-bond donors (Lipinski definition) is 3. The third-order valence-electron chi connectivity index (χ3n) is 6.17. The maximum absolute atomic E-state index is 11.8. The minimum absolute atomic E-state index is 0.0692. The highest BCUT2D eigenvalue weighted by Crippen LogP contribution is 2.33. The van der Waals surface area contributed by atoms with Gasteiger partial charge in [0.2, 0.25) is 10.0 Å². The standard InChI is InChI=1S/C26H36N2O7S/c1-4-34-26(30)20-7-5-18(6-8-20)19-9-11-21(12-10-19)27-16-22(29)17-35-23-13-14-25(33-2)24(15-23)28-36(3,31)32/h5-8,13-15,19,21-22,27-29H,4,9-12,16-17H2,1-3H3/t19-,21-,22-/m0/s1. The van der Waals surface area contributed by atoms with E-state index in [-0.39, 0.29) is 18.3 Å². The van der Waals surface area contributed by atoms with Gasteiger partial charge in [-0.05, 0) is 68.4 Å². The lowest BCUT2D eigenvalue weighted by atomic mass is 9.81. The van der Waals surface area contributed by atoms with Crippen LogP contribution in [0.3, 0.4) is 0 Å². The molecule has 0 radical (unpaired) electrons. The smallest absolute Gasteiger partial charge is 0.338 e. The van der Waals surface area contributed by atoms with Gasteiger partial charge in [0.05, 0.1) is 31.2 Å². The van der Waals surface area contributed by atoms with Crippen molar-refractivity contribution in [1.82, 2.24) is 5.32 Å². The van der Waals surface area contributed by atoms with Crippen molar-refractivity contribution in [2.75, 3.05) is 37.8 Å². The normalized spacial score (nSPS) is 18.8. The molecule has 0 amide bonds. The first kappa shape index (κ1) is 27.8. The number of carbonyl (C=O) groups excluding carboxylic acids is 1. The summed E-state index contributed by atoms with van der Waals surface area (Å²) in [6, 6.07) is 12.8. The van der Waals surface area contributed by atoms with Crippen LogP contribution in [-0.4, -0.2) is 64.8 Å². The Bertz CT molecular complexity index is 1100. The topological polar surface area (TPSA) is 123 Å². The zero-order valence-electron chi connectivity index (χ0n) is 21.0. The van der Waals surface area contributed by atoms with Crippen molar-refractivity contribution in [1.29, 1.82) is 0 Å². The van der Waals surface area contributed by atoms with Gasteiger partial charge in [-0.2, -0.15) is 0 Å². The van der Waals surface area contributed by atoms with Gasteiger partial charge in [-0.25, -0.2) is 13.2 Å². The zero-order valence-corrected chi connectivity index (χ0v) is 21.8. The Morgan fingerprint density at radius 2 is 1.81 bits per heavy atom. The number of esters is 1. The van der Waals surface area contributed by atoms with E-state index < -0.39 is 16.1 Å². The van der Waals surface area contributed by atoms with E-state index in [4.69, 9.17) is 14.2 Å². The van der Waals surface area contributed by atoms with Crippen molar-refractivity contribution < 1.29 is 32.5 Å². The number of hydrogen-bond acceptors (Lipinski definition) is 8. The Labute approximate surface area is 213 Å². The van der Waals surface area contributed by atoms with E-state index in [2.05, 4.69) is 10.0 Å². The summed E-state index contributed by atoms with van der Waals surface area (Å²) in [5.74, 6) is 0.964. The fraction of sp³-hybridized carbons (Fsp3) is 0.500. The molecule has 36 heavy (non-hydrogen) atoms. The number of ether oxygens (including phenoxy) is 3. The third-order valence-corrected chi connectivity index (χ3v) is 6.76. The molecular weight excluding hydrogens is 484 g/mol. The lowest BCUT2D eigenvalue weighted by Gasteiger charge is -2.30. The van der Waals surface area contributed by atoms with Crippen molar-refractivity contribution in [3.63, 3.8) is 0 Å².